The van der Waals surface area contributed by atoms with Gasteiger partial charge in [-0.2, -0.15) is 0 Å². The smallest absolute Gasteiger partial charge is 0.248 e. The van der Waals surface area contributed by atoms with Gasteiger partial charge in [0.25, 0.3) is 0 Å². The monoisotopic (exact) mass is 247 g/mol. The first-order valence-electron chi connectivity index (χ1n) is 6.53. The first kappa shape index (κ1) is 13.1. The number of hydrogen-bond acceptors (Lipinski definition) is 3. The molecule has 1 aliphatic rings. The maximum atomic E-state index is 11.1. The van der Waals surface area contributed by atoms with Crippen molar-refractivity contribution in [1.29, 1.82) is 0 Å². The van der Waals surface area contributed by atoms with Crippen LogP contribution in [0.15, 0.2) is 24.3 Å². The molecule has 4 heteroatoms. The predicted octanol–water partition coefficient (Wildman–Crippen LogP) is 1.00. The van der Waals surface area contributed by atoms with Crippen molar-refractivity contribution in [3.63, 3.8) is 0 Å². The Kier molecular flexibility index (Phi) is 4.33. The third kappa shape index (κ3) is 3.09. The molecular weight excluding hydrogens is 226 g/mol. The van der Waals surface area contributed by atoms with E-state index in [4.69, 9.17) is 11.5 Å². The first-order valence-corrected chi connectivity index (χ1v) is 6.53. The van der Waals surface area contributed by atoms with Gasteiger partial charge >= 0.3 is 0 Å². The minimum atomic E-state index is -0.377. The summed E-state index contributed by atoms with van der Waals surface area (Å²) in [5, 5.41) is 3.53. The van der Waals surface area contributed by atoms with Crippen LogP contribution in [0.3, 0.4) is 0 Å². The Bertz CT molecular complexity index is 419. The van der Waals surface area contributed by atoms with Crippen molar-refractivity contribution in [2.75, 3.05) is 6.54 Å². The summed E-state index contributed by atoms with van der Waals surface area (Å²) in [7, 11) is 0. The Hall–Kier alpha value is -1.39. The van der Waals surface area contributed by atoms with Crippen LogP contribution in [0.1, 0.15) is 35.2 Å². The molecule has 1 fully saturated rings. The molecule has 0 aliphatic heterocycles. The highest BCUT2D eigenvalue weighted by atomic mass is 16.1. The average molecular weight is 247 g/mol. The minimum absolute atomic E-state index is 0.377. The Morgan fingerprint density at radius 1 is 1.39 bits per heavy atom. The lowest BCUT2D eigenvalue weighted by Gasteiger charge is -2.19. The fraction of sp³-hybridized carbons (Fsp3) is 0.500. The molecule has 5 N–H and O–H groups in total. The lowest BCUT2D eigenvalue weighted by molar-refractivity contribution is 0.1000. The van der Waals surface area contributed by atoms with Gasteiger partial charge in [-0.25, -0.2) is 0 Å². The number of primary amides is 1. The summed E-state index contributed by atoms with van der Waals surface area (Å²) in [6, 6.07) is 7.97. The summed E-state index contributed by atoms with van der Waals surface area (Å²) >= 11 is 0. The fourth-order valence-electron chi connectivity index (χ4n) is 2.67. The molecule has 2 unspecified atom stereocenters. The molecule has 2 atom stereocenters. The maximum Gasteiger partial charge on any atom is 0.248 e. The molecule has 0 heterocycles. The van der Waals surface area contributed by atoms with Crippen LogP contribution in [0.2, 0.25) is 0 Å². The second kappa shape index (κ2) is 5.98. The van der Waals surface area contributed by atoms with E-state index < -0.39 is 0 Å². The van der Waals surface area contributed by atoms with Gasteiger partial charge in [-0.1, -0.05) is 18.6 Å². The highest BCUT2D eigenvalue weighted by Crippen LogP contribution is 2.24. The molecule has 18 heavy (non-hydrogen) atoms. The molecule has 1 aromatic carbocycles. The zero-order valence-electron chi connectivity index (χ0n) is 10.6. The van der Waals surface area contributed by atoms with E-state index in [2.05, 4.69) is 5.32 Å². The second-order valence-corrected chi connectivity index (χ2v) is 4.98. The van der Waals surface area contributed by atoms with E-state index >= 15 is 0 Å². The quantitative estimate of drug-likeness (QED) is 0.726. The van der Waals surface area contributed by atoms with Crippen LogP contribution >= 0.6 is 0 Å². The number of nitrogens with one attached hydrogen (secondary N) is 1. The number of hydrogen-bond donors (Lipinski definition) is 3. The van der Waals surface area contributed by atoms with Crippen LogP contribution < -0.4 is 16.8 Å². The number of amides is 1. The second-order valence-electron chi connectivity index (χ2n) is 4.98. The molecule has 0 bridgehead atoms. The Morgan fingerprint density at radius 3 is 2.94 bits per heavy atom. The van der Waals surface area contributed by atoms with Crippen molar-refractivity contribution in [3.05, 3.63) is 35.4 Å². The summed E-state index contributed by atoms with van der Waals surface area (Å²) in [5.41, 5.74) is 12.7. The standard InChI is InChI=1S/C14H21N3O/c15-8-12-5-2-6-13(12)17-9-10-3-1-4-11(7-10)14(16)18/h1,3-4,7,12-13,17H,2,5-6,8-9,15H2,(H2,16,18). The van der Waals surface area contributed by atoms with Crippen LogP contribution in [0.5, 0.6) is 0 Å². The van der Waals surface area contributed by atoms with Crippen LogP contribution in [-0.2, 0) is 6.54 Å². The summed E-state index contributed by atoms with van der Waals surface area (Å²) < 4.78 is 0. The molecule has 0 radical (unpaired) electrons. The van der Waals surface area contributed by atoms with Crippen molar-refractivity contribution in [2.24, 2.45) is 17.4 Å². The Labute approximate surface area is 108 Å². The normalized spacial score (nSPS) is 23.2. The van der Waals surface area contributed by atoms with Gasteiger partial charge in [0.1, 0.15) is 0 Å². The molecule has 2 rings (SSSR count). The Morgan fingerprint density at radius 2 is 2.22 bits per heavy atom. The summed E-state index contributed by atoms with van der Waals surface area (Å²) in [5.74, 6) is 0.210. The van der Waals surface area contributed by atoms with Crippen molar-refractivity contribution < 1.29 is 4.79 Å². The number of rotatable bonds is 5. The fourth-order valence-corrected chi connectivity index (χ4v) is 2.67. The molecule has 0 spiro atoms. The molecule has 1 saturated carbocycles. The lowest BCUT2D eigenvalue weighted by Crippen LogP contribution is -2.35. The van der Waals surface area contributed by atoms with Crippen LogP contribution in [0.25, 0.3) is 0 Å². The van der Waals surface area contributed by atoms with Gasteiger partial charge < -0.3 is 16.8 Å². The number of carbonyl (C=O) groups excluding carboxylic acids is 1. The molecule has 0 aromatic heterocycles. The SMILES string of the molecule is NCC1CCCC1NCc1cccc(C(N)=O)c1. The van der Waals surface area contributed by atoms with Crippen LogP contribution in [-0.4, -0.2) is 18.5 Å². The van der Waals surface area contributed by atoms with Crippen molar-refractivity contribution in [2.45, 2.75) is 31.8 Å². The van der Waals surface area contributed by atoms with Crippen LogP contribution in [0.4, 0.5) is 0 Å². The van der Waals surface area contributed by atoms with Crippen LogP contribution in [0, 0.1) is 5.92 Å². The predicted molar refractivity (Wildman–Crippen MR) is 72.0 cm³/mol. The number of benzene rings is 1. The van der Waals surface area contributed by atoms with E-state index in [1.165, 1.54) is 19.3 Å². The molecule has 1 aromatic rings. The molecule has 1 amide bonds. The summed E-state index contributed by atoms with van der Waals surface area (Å²) in [6.07, 6.45) is 3.66. The van der Waals surface area contributed by atoms with Gasteiger partial charge in [0.15, 0.2) is 0 Å². The molecule has 4 nitrogen and oxygen atoms in total. The van der Waals surface area contributed by atoms with E-state index in [9.17, 15) is 4.79 Å². The van der Waals surface area contributed by atoms with Crippen molar-refractivity contribution in [1.82, 2.24) is 5.32 Å². The first-order chi connectivity index (χ1) is 8.70. The van der Waals surface area contributed by atoms with E-state index in [1.54, 1.807) is 6.07 Å². The van der Waals surface area contributed by atoms with Gasteiger partial charge in [0.2, 0.25) is 5.91 Å². The zero-order valence-corrected chi connectivity index (χ0v) is 10.6. The molecule has 1 aliphatic carbocycles. The summed E-state index contributed by atoms with van der Waals surface area (Å²) in [4.78, 5) is 11.1. The third-order valence-electron chi connectivity index (χ3n) is 3.74. The average Bonchev–Trinajstić information content (AvgIpc) is 2.84. The Balaban J connectivity index is 1.93. The summed E-state index contributed by atoms with van der Waals surface area (Å²) in [6.45, 7) is 1.52. The molecular formula is C14H21N3O. The van der Waals surface area contributed by atoms with E-state index in [1.807, 2.05) is 18.2 Å². The number of carbonyl (C=O) groups is 1. The number of nitrogens with two attached hydrogens (primary N) is 2. The van der Waals surface area contributed by atoms with Crippen molar-refractivity contribution >= 4 is 5.91 Å². The van der Waals surface area contributed by atoms with Gasteiger partial charge in [-0.3, -0.25) is 4.79 Å². The topological polar surface area (TPSA) is 81.1 Å². The highest BCUT2D eigenvalue weighted by molar-refractivity contribution is 5.92. The maximum absolute atomic E-state index is 11.1. The molecule has 0 saturated heterocycles. The van der Waals surface area contributed by atoms with E-state index in [-0.39, 0.29) is 5.91 Å². The molecule has 98 valence electrons. The van der Waals surface area contributed by atoms with Gasteiger partial charge in [-0.05, 0) is 43.0 Å². The largest absolute Gasteiger partial charge is 0.366 e. The zero-order chi connectivity index (χ0) is 13.0. The van der Waals surface area contributed by atoms with Gasteiger partial charge in [0.05, 0.1) is 0 Å². The van der Waals surface area contributed by atoms with Crippen molar-refractivity contribution in [3.8, 4) is 0 Å². The van der Waals surface area contributed by atoms with Gasteiger partial charge in [0, 0.05) is 18.2 Å². The lowest BCUT2D eigenvalue weighted by atomic mass is 10.0. The van der Waals surface area contributed by atoms with E-state index in [0.717, 1.165) is 18.7 Å². The highest BCUT2D eigenvalue weighted by Gasteiger charge is 2.25. The van der Waals surface area contributed by atoms with Gasteiger partial charge in [-0.15, -0.1) is 0 Å². The third-order valence-corrected chi connectivity index (χ3v) is 3.74. The minimum Gasteiger partial charge on any atom is -0.366 e. The van der Waals surface area contributed by atoms with E-state index in [0.29, 0.717) is 17.5 Å².